The average molecular weight is 664 g/mol. The van der Waals surface area contributed by atoms with Crippen molar-refractivity contribution in [2.75, 3.05) is 6.61 Å². The summed E-state index contributed by atoms with van der Waals surface area (Å²) >= 11 is 11.8. The Morgan fingerprint density at radius 2 is 0.372 bits per heavy atom. The molecule has 0 spiro atoms. The minimum Gasteiger partial charge on any atom is -0.396 e. The van der Waals surface area contributed by atoms with Crippen LogP contribution in [-0.4, -0.2) is 19.1 Å². The number of aliphatic hydroxyl groups is 1. The summed E-state index contributed by atoms with van der Waals surface area (Å²) in [6.07, 6.45) is 52.8. The molecule has 0 radical (unpaired) electrons. The fourth-order valence-corrected chi connectivity index (χ4v) is 8.12. The second-order valence-electron chi connectivity index (χ2n) is 14.0. The van der Waals surface area contributed by atoms with Crippen LogP contribution in [0.5, 0.6) is 0 Å². The molecule has 0 aromatic heterocycles. The van der Waals surface area contributed by atoms with Gasteiger partial charge in [0, 0.05) is 6.61 Å². The minimum atomic E-state index is -1.34. The first-order valence-electron chi connectivity index (χ1n) is 20.2. The lowest BCUT2D eigenvalue weighted by atomic mass is 10.0. The molecule has 0 amide bonds. The molecule has 1 N–H and O–H groups in total. The predicted octanol–water partition coefficient (Wildman–Crippen LogP) is 15.1. The highest BCUT2D eigenvalue weighted by Crippen LogP contribution is 2.18. The van der Waals surface area contributed by atoms with Crippen molar-refractivity contribution in [1.29, 1.82) is 0 Å². The summed E-state index contributed by atoms with van der Waals surface area (Å²) < 4.78 is 0. The summed E-state index contributed by atoms with van der Waals surface area (Å²) in [4.78, 5) is 0. The smallest absolute Gasteiger partial charge is 0.237 e. The third-order valence-electron chi connectivity index (χ3n) is 9.58. The van der Waals surface area contributed by atoms with Gasteiger partial charge in [0.1, 0.15) is 0 Å². The highest BCUT2D eigenvalue weighted by molar-refractivity contribution is 7.33. The van der Waals surface area contributed by atoms with Crippen LogP contribution < -0.4 is 0 Å². The fraction of sp³-hybridized carbons (Fsp3) is 1.00. The zero-order valence-corrected chi connectivity index (χ0v) is 32.0. The van der Waals surface area contributed by atoms with E-state index in [-0.39, 0.29) is 0 Å². The summed E-state index contributed by atoms with van der Waals surface area (Å²) in [5.74, 6) is 0. The van der Waals surface area contributed by atoms with Crippen LogP contribution in [0.2, 0.25) is 6.04 Å². The van der Waals surface area contributed by atoms with E-state index < -0.39 is 7.42 Å². The Kier molecular flexibility index (Phi) is 41.5. The van der Waals surface area contributed by atoms with Crippen molar-refractivity contribution >= 4 is 29.6 Å². The third kappa shape index (κ3) is 42.8. The van der Waals surface area contributed by atoms with E-state index in [4.69, 9.17) is 27.3 Å². The molecule has 0 heterocycles. The van der Waals surface area contributed by atoms with Crippen LogP contribution in [0.4, 0.5) is 0 Å². The average Bonchev–Trinajstić information content (AvgIpc) is 3.00. The minimum absolute atomic E-state index is 0.372. The second-order valence-corrected chi connectivity index (χ2v) is 19.2. The highest BCUT2D eigenvalue weighted by atomic mass is 35.7. The van der Waals surface area contributed by atoms with Gasteiger partial charge in [0.15, 0.2) is 0 Å². The molecule has 1 nitrogen and oxygen atoms in total. The van der Waals surface area contributed by atoms with Crippen molar-refractivity contribution in [2.24, 2.45) is 0 Å². The number of unbranched alkanes of at least 4 members (excludes halogenated alkanes) is 36. The standard InChI is InChI=1S/C39H80Cl2OSi/c40-43(41)39-37-35-33-31-29-27-25-23-21-19-17-15-13-11-9-7-5-3-1-2-4-6-8-10-12-14-16-18-20-22-24-26-28-30-32-34-36-38-42/h42-43H,1-39H2. The van der Waals surface area contributed by atoms with E-state index in [0.29, 0.717) is 6.61 Å². The number of rotatable bonds is 39. The van der Waals surface area contributed by atoms with Crippen LogP contribution in [0.15, 0.2) is 0 Å². The maximum absolute atomic E-state index is 8.80. The zero-order valence-electron chi connectivity index (χ0n) is 29.4. The highest BCUT2D eigenvalue weighted by Gasteiger charge is 2.01. The van der Waals surface area contributed by atoms with Crippen molar-refractivity contribution in [3.05, 3.63) is 0 Å². The van der Waals surface area contributed by atoms with E-state index in [9.17, 15) is 0 Å². The Hall–Kier alpha value is 0.757. The molecule has 4 heteroatoms. The van der Waals surface area contributed by atoms with Crippen molar-refractivity contribution in [2.45, 2.75) is 244 Å². The third-order valence-corrected chi connectivity index (χ3v) is 11.7. The lowest BCUT2D eigenvalue weighted by molar-refractivity contribution is 0.282. The van der Waals surface area contributed by atoms with E-state index in [1.807, 2.05) is 0 Å². The van der Waals surface area contributed by atoms with E-state index in [1.54, 1.807) is 0 Å². The van der Waals surface area contributed by atoms with Gasteiger partial charge in [-0.1, -0.05) is 231 Å². The van der Waals surface area contributed by atoms with Crippen LogP contribution in [-0.2, 0) is 0 Å². The number of hydrogen-bond acceptors (Lipinski definition) is 1. The van der Waals surface area contributed by atoms with Crippen LogP contribution in [0.3, 0.4) is 0 Å². The lowest BCUT2D eigenvalue weighted by Crippen LogP contribution is -1.91. The molecular weight excluding hydrogens is 583 g/mol. The molecule has 0 aromatic rings. The quantitative estimate of drug-likeness (QED) is 0.0394. The normalized spacial score (nSPS) is 11.7. The summed E-state index contributed by atoms with van der Waals surface area (Å²) in [7, 11) is -1.34. The summed E-state index contributed by atoms with van der Waals surface area (Å²) in [5.41, 5.74) is 0. The lowest BCUT2D eigenvalue weighted by Gasteiger charge is -2.05. The van der Waals surface area contributed by atoms with Gasteiger partial charge in [0.2, 0.25) is 7.42 Å². The van der Waals surface area contributed by atoms with E-state index in [1.165, 1.54) is 231 Å². The molecule has 0 bridgehead atoms. The Balaban J connectivity index is 3.03. The number of halogens is 2. The topological polar surface area (TPSA) is 20.2 Å². The van der Waals surface area contributed by atoms with Crippen molar-refractivity contribution in [1.82, 2.24) is 0 Å². The summed E-state index contributed by atoms with van der Waals surface area (Å²) in [5, 5.41) is 8.80. The van der Waals surface area contributed by atoms with Crippen LogP contribution in [0.25, 0.3) is 0 Å². The molecule has 0 aliphatic rings. The van der Waals surface area contributed by atoms with Crippen LogP contribution >= 0.6 is 22.2 Å². The molecule has 43 heavy (non-hydrogen) atoms. The first-order chi connectivity index (χ1) is 21.3. The first-order valence-corrected chi connectivity index (χ1v) is 24.5. The largest absolute Gasteiger partial charge is 0.396 e. The summed E-state index contributed by atoms with van der Waals surface area (Å²) in [6, 6.07) is 1.10. The Morgan fingerprint density at radius 1 is 0.233 bits per heavy atom. The van der Waals surface area contributed by atoms with Gasteiger partial charge in [-0.3, -0.25) is 0 Å². The monoisotopic (exact) mass is 663 g/mol. The van der Waals surface area contributed by atoms with Gasteiger partial charge in [0.25, 0.3) is 0 Å². The van der Waals surface area contributed by atoms with Crippen LogP contribution in [0, 0.1) is 0 Å². The first kappa shape index (κ1) is 43.8. The molecule has 0 rings (SSSR count). The van der Waals surface area contributed by atoms with Gasteiger partial charge in [-0.15, -0.1) is 0 Å². The van der Waals surface area contributed by atoms with Gasteiger partial charge in [-0.2, -0.15) is 22.2 Å². The van der Waals surface area contributed by atoms with Crippen molar-refractivity contribution in [3.63, 3.8) is 0 Å². The molecule has 0 aliphatic heterocycles. The van der Waals surface area contributed by atoms with Crippen molar-refractivity contribution in [3.8, 4) is 0 Å². The Bertz CT molecular complexity index is 476. The molecular formula is C39H80Cl2OSi. The number of hydrogen-bond donors (Lipinski definition) is 1. The maximum atomic E-state index is 8.80. The molecule has 260 valence electrons. The molecule has 0 saturated carbocycles. The van der Waals surface area contributed by atoms with Gasteiger partial charge >= 0.3 is 0 Å². The van der Waals surface area contributed by atoms with Crippen molar-refractivity contribution < 1.29 is 5.11 Å². The van der Waals surface area contributed by atoms with Gasteiger partial charge in [-0.05, 0) is 12.5 Å². The van der Waals surface area contributed by atoms with E-state index >= 15 is 0 Å². The summed E-state index contributed by atoms with van der Waals surface area (Å²) in [6.45, 7) is 0.372. The Morgan fingerprint density at radius 3 is 0.512 bits per heavy atom. The van der Waals surface area contributed by atoms with E-state index in [2.05, 4.69) is 0 Å². The maximum Gasteiger partial charge on any atom is 0.237 e. The molecule has 0 atom stereocenters. The Labute approximate surface area is 283 Å². The molecule has 0 saturated heterocycles. The molecule has 0 fully saturated rings. The molecule has 0 unspecified atom stereocenters. The van der Waals surface area contributed by atoms with Gasteiger partial charge in [-0.25, -0.2) is 0 Å². The second kappa shape index (κ2) is 40.8. The zero-order chi connectivity index (χ0) is 31.2. The molecule has 0 aliphatic carbocycles. The molecule has 0 aromatic carbocycles. The predicted molar refractivity (Wildman–Crippen MR) is 202 cm³/mol. The van der Waals surface area contributed by atoms with Gasteiger partial charge < -0.3 is 5.11 Å². The SMILES string of the molecule is OCCCCCCCCCCCCCCCCCCCCCCCCCCCCCCCCCCCCCCC[SiH](Cl)Cl. The fourth-order valence-electron chi connectivity index (χ4n) is 6.60. The van der Waals surface area contributed by atoms with Gasteiger partial charge in [0.05, 0.1) is 0 Å². The van der Waals surface area contributed by atoms with E-state index in [0.717, 1.165) is 12.5 Å². The number of aliphatic hydroxyl groups excluding tert-OH is 1. The van der Waals surface area contributed by atoms with Crippen LogP contribution in [0.1, 0.15) is 238 Å².